The average molecular weight is 538 g/mol. The second kappa shape index (κ2) is 13.4. The van der Waals surface area contributed by atoms with Crippen molar-refractivity contribution >= 4 is 23.2 Å². The SMILES string of the molecule is CCN(CC)c1cccc2c1N(Cc1ccccn1)C(=O)C(CC(O)[C@@H](CC(C)C)NC(=O)CC(C)(C)N)C2. The molecule has 1 aliphatic rings. The monoisotopic (exact) mass is 537 g/mol. The molecule has 4 N–H and O–H groups in total. The summed E-state index contributed by atoms with van der Waals surface area (Å²) in [5, 5.41) is 14.4. The van der Waals surface area contributed by atoms with E-state index < -0.39 is 23.6 Å². The lowest BCUT2D eigenvalue weighted by Gasteiger charge is -2.39. The van der Waals surface area contributed by atoms with Gasteiger partial charge in [0.05, 0.1) is 35.8 Å². The minimum atomic E-state index is -0.865. The fourth-order valence-electron chi connectivity index (χ4n) is 5.50. The van der Waals surface area contributed by atoms with Crippen LogP contribution in [0.1, 0.15) is 72.1 Å². The molecule has 2 amide bonds. The second-order valence-electron chi connectivity index (χ2n) is 11.9. The number of anilines is 2. The Hall–Kier alpha value is -2.97. The maximum Gasteiger partial charge on any atom is 0.230 e. The van der Waals surface area contributed by atoms with Crippen molar-refractivity contribution in [1.82, 2.24) is 10.3 Å². The van der Waals surface area contributed by atoms with Gasteiger partial charge in [0, 0.05) is 37.2 Å². The molecule has 39 heavy (non-hydrogen) atoms. The van der Waals surface area contributed by atoms with Crippen molar-refractivity contribution in [2.75, 3.05) is 22.9 Å². The quantitative estimate of drug-likeness (QED) is 0.356. The Morgan fingerprint density at radius 1 is 1.21 bits per heavy atom. The summed E-state index contributed by atoms with van der Waals surface area (Å²) < 4.78 is 0. The second-order valence-corrected chi connectivity index (χ2v) is 11.9. The van der Waals surface area contributed by atoms with Gasteiger partial charge in [0.15, 0.2) is 0 Å². The summed E-state index contributed by atoms with van der Waals surface area (Å²) in [4.78, 5) is 35.4. The Bertz CT molecular complexity index is 1100. The van der Waals surface area contributed by atoms with Crippen LogP contribution in [0.4, 0.5) is 11.4 Å². The number of pyridine rings is 1. The highest BCUT2D eigenvalue weighted by Gasteiger charge is 2.38. The van der Waals surface area contributed by atoms with Gasteiger partial charge < -0.3 is 26.0 Å². The van der Waals surface area contributed by atoms with Gasteiger partial charge in [0.1, 0.15) is 0 Å². The maximum atomic E-state index is 14.1. The van der Waals surface area contributed by atoms with E-state index in [0.717, 1.165) is 35.7 Å². The summed E-state index contributed by atoms with van der Waals surface area (Å²) in [6.07, 6.45) is 2.45. The molecule has 2 aromatic rings. The van der Waals surface area contributed by atoms with Gasteiger partial charge in [0.25, 0.3) is 0 Å². The molecule has 0 aliphatic carbocycles. The summed E-state index contributed by atoms with van der Waals surface area (Å²) in [5.74, 6) is -0.366. The van der Waals surface area contributed by atoms with Crippen LogP contribution in [0.25, 0.3) is 0 Å². The number of hydrogen-bond acceptors (Lipinski definition) is 6. The van der Waals surface area contributed by atoms with Crippen molar-refractivity contribution in [3.8, 4) is 0 Å². The van der Waals surface area contributed by atoms with Crippen LogP contribution in [0.3, 0.4) is 0 Å². The molecule has 0 bridgehead atoms. The number of para-hydroxylation sites is 1. The highest BCUT2D eigenvalue weighted by Crippen LogP contribution is 2.41. The molecule has 3 atom stereocenters. The van der Waals surface area contributed by atoms with Crippen molar-refractivity contribution < 1.29 is 14.7 Å². The molecule has 2 unspecified atom stereocenters. The fourth-order valence-corrected chi connectivity index (χ4v) is 5.50. The molecule has 1 aromatic heterocycles. The molecule has 0 saturated heterocycles. The van der Waals surface area contributed by atoms with Crippen LogP contribution < -0.4 is 20.9 Å². The smallest absolute Gasteiger partial charge is 0.230 e. The predicted octanol–water partition coefficient (Wildman–Crippen LogP) is 4.04. The van der Waals surface area contributed by atoms with E-state index in [1.54, 1.807) is 20.0 Å². The number of aromatic nitrogens is 1. The van der Waals surface area contributed by atoms with Gasteiger partial charge in [-0.1, -0.05) is 32.0 Å². The maximum absolute atomic E-state index is 14.1. The lowest BCUT2D eigenvalue weighted by atomic mass is 9.84. The highest BCUT2D eigenvalue weighted by atomic mass is 16.3. The Morgan fingerprint density at radius 2 is 1.92 bits per heavy atom. The molecule has 8 heteroatoms. The van der Waals surface area contributed by atoms with Gasteiger partial charge in [-0.25, -0.2) is 0 Å². The number of rotatable bonds is 13. The van der Waals surface area contributed by atoms with Crippen LogP contribution in [0.2, 0.25) is 0 Å². The van der Waals surface area contributed by atoms with Crippen molar-refractivity contribution in [3.63, 3.8) is 0 Å². The van der Waals surface area contributed by atoms with Gasteiger partial charge in [0.2, 0.25) is 11.8 Å². The average Bonchev–Trinajstić information content (AvgIpc) is 2.86. The van der Waals surface area contributed by atoms with Crippen LogP contribution in [0.5, 0.6) is 0 Å². The van der Waals surface area contributed by atoms with Gasteiger partial charge in [-0.3, -0.25) is 14.6 Å². The summed E-state index contributed by atoms with van der Waals surface area (Å²) in [5.41, 5.74) is 9.27. The molecule has 1 aliphatic heterocycles. The molecule has 0 radical (unpaired) electrons. The number of amides is 2. The third kappa shape index (κ3) is 8.26. The van der Waals surface area contributed by atoms with E-state index in [2.05, 4.69) is 55.0 Å². The van der Waals surface area contributed by atoms with E-state index in [1.807, 2.05) is 29.2 Å². The largest absolute Gasteiger partial charge is 0.391 e. The van der Waals surface area contributed by atoms with Crippen LogP contribution in [-0.4, -0.2) is 52.7 Å². The molecule has 0 saturated carbocycles. The minimum absolute atomic E-state index is 0.0236. The van der Waals surface area contributed by atoms with E-state index in [-0.39, 0.29) is 30.6 Å². The first kappa shape index (κ1) is 30.6. The van der Waals surface area contributed by atoms with Crippen molar-refractivity contribution in [2.24, 2.45) is 17.6 Å². The zero-order valence-corrected chi connectivity index (χ0v) is 24.5. The van der Waals surface area contributed by atoms with Crippen LogP contribution >= 0.6 is 0 Å². The fraction of sp³-hybridized carbons (Fsp3) is 0.581. The number of aliphatic hydroxyl groups is 1. The Balaban J connectivity index is 1.92. The highest BCUT2D eigenvalue weighted by molar-refractivity contribution is 6.01. The summed E-state index contributed by atoms with van der Waals surface area (Å²) in [6.45, 7) is 14.0. The molecule has 3 rings (SSSR count). The summed E-state index contributed by atoms with van der Waals surface area (Å²) in [6, 6.07) is 11.5. The Morgan fingerprint density at radius 3 is 2.51 bits per heavy atom. The van der Waals surface area contributed by atoms with Crippen LogP contribution in [0.15, 0.2) is 42.6 Å². The van der Waals surface area contributed by atoms with Gasteiger partial charge in [-0.2, -0.15) is 0 Å². The lowest BCUT2D eigenvalue weighted by Crippen LogP contribution is -2.49. The number of benzene rings is 1. The van der Waals surface area contributed by atoms with E-state index in [1.165, 1.54) is 0 Å². The first-order chi connectivity index (χ1) is 18.4. The number of fused-ring (bicyclic) bond motifs is 1. The zero-order chi connectivity index (χ0) is 28.7. The number of hydrogen-bond donors (Lipinski definition) is 3. The van der Waals surface area contributed by atoms with Crippen LogP contribution in [-0.2, 0) is 22.6 Å². The summed E-state index contributed by atoms with van der Waals surface area (Å²) >= 11 is 0. The first-order valence-electron chi connectivity index (χ1n) is 14.3. The van der Waals surface area contributed by atoms with E-state index >= 15 is 0 Å². The lowest BCUT2D eigenvalue weighted by molar-refractivity contribution is -0.125. The Kier molecular flexibility index (Phi) is 10.5. The molecular weight excluding hydrogens is 490 g/mol. The zero-order valence-electron chi connectivity index (χ0n) is 24.5. The van der Waals surface area contributed by atoms with Crippen molar-refractivity contribution in [1.29, 1.82) is 0 Å². The first-order valence-corrected chi connectivity index (χ1v) is 14.3. The third-order valence-corrected chi connectivity index (χ3v) is 7.28. The molecule has 1 aromatic carbocycles. The third-order valence-electron chi connectivity index (χ3n) is 7.28. The molecule has 0 spiro atoms. The number of aliphatic hydroxyl groups excluding tert-OH is 1. The van der Waals surface area contributed by atoms with Crippen molar-refractivity contribution in [3.05, 3.63) is 53.9 Å². The number of carbonyl (C=O) groups is 2. The van der Waals surface area contributed by atoms with Crippen LogP contribution in [0, 0.1) is 11.8 Å². The summed E-state index contributed by atoms with van der Waals surface area (Å²) in [7, 11) is 0. The standard InChI is InChI=1S/C31H47N5O3/c1-7-35(8-2)26-14-11-12-22-17-23(30(39)36(29(22)26)20-24-13-9-10-15-33-24)18-27(37)25(16-21(3)4)34-28(38)19-31(5,6)32/h9-15,21,23,25,27,37H,7-8,16-20,32H2,1-6H3,(H,34,38)/t23?,25-,27?/m1/s1. The number of carbonyl (C=O) groups excluding carboxylic acids is 2. The van der Waals surface area contributed by atoms with E-state index in [9.17, 15) is 14.7 Å². The van der Waals surface area contributed by atoms with E-state index in [4.69, 9.17) is 5.73 Å². The Labute approximate surface area is 234 Å². The minimum Gasteiger partial charge on any atom is -0.391 e. The topological polar surface area (TPSA) is 112 Å². The predicted molar refractivity (Wildman–Crippen MR) is 158 cm³/mol. The van der Waals surface area contributed by atoms with Gasteiger partial charge in [-0.05, 0) is 76.6 Å². The van der Waals surface area contributed by atoms with Gasteiger partial charge >= 0.3 is 0 Å². The normalized spacial score (nSPS) is 17.1. The molecular formula is C31H47N5O3. The molecule has 8 nitrogen and oxygen atoms in total. The molecule has 214 valence electrons. The number of nitrogens with one attached hydrogen (secondary N) is 1. The van der Waals surface area contributed by atoms with E-state index in [0.29, 0.717) is 19.4 Å². The number of nitrogens with zero attached hydrogens (tertiary/aromatic N) is 3. The molecule has 2 heterocycles. The number of nitrogens with two attached hydrogens (primary N) is 1. The van der Waals surface area contributed by atoms with Gasteiger partial charge in [-0.15, -0.1) is 0 Å². The molecule has 0 fully saturated rings. The van der Waals surface area contributed by atoms with Crippen molar-refractivity contribution in [2.45, 2.75) is 91.5 Å².